The molecule has 2 saturated carbocycles. The highest BCUT2D eigenvalue weighted by Crippen LogP contribution is 2.31. The van der Waals surface area contributed by atoms with Crippen molar-refractivity contribution in [3.8, 4) is 0 Å². The number of ether oxygens (including phenoxy) is 1. The zero-order valence-electron chi connectivity index (χ0n) is 10.5. The number of hydrogen-bond acceptors (Lipinski definition) is 2. The van der Waals surface area contributed by atoms with E-state index in [1.54, 1.807) is 0 Å². The average Bonchev–Trinajstić information content (AvgIpc) is 2.32. The van der Waals surface area contributed by atoms with E-state index in [2.05, 4.69) is 6.92 Å². The molecule has 0 spiro atoms. The lowest BCUT2D eigenvalue weighted by Gasteiger charge is -2.34. The van der Waals surface area contributed by atoms with Gasteiger partial charge in [-0.2, -0.15) is 0 Å². The van der Waals surface area contributed by atoms with Gasteiger partial charge in [-0.15, -0.1) is 0 Å². The van der Waals surface area contributed by atoms with Crippen molar-refractivity contribution in [1.29, 1.82) is 0 Å². The molecule has 94 valence electrons. The highest BCUT2D eigenvalue weighted by Gasteiger charge is 2.26. The number of aliphatic hydroxyl groups excluding tert-OH is 1. The summed E-state index contributed by atoms with van der Waals surface area (Å²) in [6, 6.07) is 0. The molecule has 0 amide bonds. The predicted molar refractivity (Wildman–Crippen MR) is 65.4 cm³/mol. The van der Waals surface area contributed by atoms with Gasteiger partial charge in [0.2, 0.25) is 0 Å². The highest BCUT2D eigenvalue weighted by molar-refractivity contribution is 4.77. The van der Waals surface area contributed by atoms with Gasteiger partial charge in [0.25, 0.3) is 0 Å². The molecule has 0 bridgehead atoms. The van der Waals surface area contributed by atoms with Crippen molar-refractivity contribution in [2.24, 2.45) is 5.92 Å². The van der Waals surface area contributed by atoms with Crippen molar-refractivity contribution in [2.75, 3.05) is 0 Å². The van der Waals surface area contributed by atoms with E-state index in [1.165, 1.54) is 32.1 Å². The lowest BCUT2D eigenvalue weighted by molar-refractivity contribution is -0.0679. The van der Waals surface area contributed by atoms with Crippen LogP contribution in [0.1, 0.15) is 64.7 Å². The number of aliphatic hydroxyl groups is 1. The molecule has 2 aliphatic rings. The third kappa shape index (κ3) is 3.46. The molecule has 2 unspecified atom stereocenters. The topological polar surface area (TPSA) is 29.5 Å². The number of hydrogen-bond donors (Lipinski definition) is 1. The molecular weight excluding hydrogens is 200 g/mol. The lowest BCUT2D eigenvalue weighted by Crippen LogP contribution is -2.31. The fourth-order valence-corrected chi connectivity index (χ4v) is 3.19. The van der Waals surface area contributed by atoms with E-state index in [0.717, 1.165) is 31.6 Å². The predicted octanol–water partition coefficient (Wildman–Crippen LogP) is 3.28. The van der Waals surface area contributed by atoms with Crippen molar-refractivity contribution in [2.45, 2.75) is 83.0 Å². The first-order valence-electron chi connectivity index (χ1n) is 7.11. The van der Waals surface area contributed by atoms with Crippen LogP contribution in [0.2, 0.25) is 0 Å². The molecule has 2 nitrogen and oxygen atoms in total. The summed E-state index contributed by atoms with van der Waals surface area (Å²) in [5, 5.41) is 9.46. The first kappa shape index (κ1) is 12.4. The smallest absolute Gasteiger partial charge is 0.0581 e. The summed E-state index contributed by atoms with van der Waals surface area (Å²) >= 11 is 0. The van der Waals surface area contributed by atoms with E-state index in [1.807, 2.05) is 0 Å². The van der Waals surface area contributed by atoms with Gasteiger partial charge in [-0.3, -0.25) is 0 Å². The van der Waals surface area contributed by atoms with E-state index in [9.17, 15) is 5.11 Å². The van der Waals surface area contributed by atoms with Crippen molar-refractivity contribution < 1.29 is 9.84 Å². The zero-order valence-corrected chi connectivity index (χ0v) is 10.5. The molecule has 1 N–H and O–H groups in total. The quantitative estimate of drug-likeness (QED) is 0.800. The second-order valence-electron chi connectivity index (χ2n) is 5.63. The standard InChI is InChI=1S/C14H26O2/c1-2-11-4-3-5-14(10-11)16-13-8-6-12(15)7-9-13/h11-15H,2-10H2,1H3. The Kier molecular flexibility index (Phi) is 4.66. The van der Waals surface area contributed by atoms with Crippen molar-refractivity contribution in [3.05, 3.63) is 0 Å². The van der Waals surface area contributed by atoms with Gasteiger partial charge in [0.05, 0.1) is 18.3 Å². The molecule has 0 aromatic heterocycles. The Morgan fingerprint density at radius 1 is 1.00 bits per heavy atom. The Bertz CT molecular complexity index is 197. The van der Waals surface area contributed by atoms with Gasteiger partial charge >= 0.3 is 0 Å². The first-order chi connectivity index (χ1) is 7.78. The summed E-state index contributed by atoms with van der Waals surface area (Å²) in [5.74, 6) is 0.896. The molecule has 2 heteroatoms. The van der Waals surface area contributed by atoms with Crippen LogP contribution >= 0.6 is 0 Å². The monoisotopic (exact) mass is 226 g/mol. The second-order valence-corrected chi connectivity index (χ2v) is 5.63. The Hall–Kier alpha value is -0.0800. The summed E-state index contributed by atoms with van der Waals surface area (Å²) in [6.07, 6.45) is 11.5. The molecule has 0 aromatic rings. The normalized spacial score (nSPS) is 40.9. The second kappa shape index (κ2) is 6.02. The van der Waals surface area contributed by atoms with E-state index >= 15 is 0 Å². The van der Waals surface area contributed by atoms with Crippen LogP contribution in [0.5, 0.6) is 0 Å². The third-order valence-corrected chi connectivity index (χ3v) is 4.34. The minimum Gasteiger partial charge on any atom is -0.393 e. The van der Waals surface area contributed by atoms with Gasteiger partial charge in [0, 0.05) is 0 Å². The summed E-state index contributed by atoms with van der Waals surface area (Å²) in [6.45, 7) is 2.30. The Morgan fingerprint density at radius 3 is 2.44 bits per heavy atom. The van der Waals surface area contributed by atoms with Crippen LogP contribution in [0.3, 0.4) is 0 Å². The van der Waals surface area contributed by atoms with E-state index in [4.69, 9.17) is 4.74 Å². The van der Waals surface area contributed by atoms with Crippen LogP contribution in [0.4, 0.5) is 0 Å². The van der Waals surface area contributed by atoms with Gasteiger partial charge in [0.1, 0.15) is 0 Å². The number of rotatable bonds is 3. The van der Waals surface area contributed by atoms with Gasteiger partial charge in [-0.1, -0.05) is 26.2 Å². The Labute approximate surface area is 99.4 Å². The van der Waals surface area contributed by atoms with Crippen LogP contribution in [0.15, 0.2) is 0 Å². The highest BCUT2D eigenvalue weighted by atomic mass is 16.5. The van der Waals surface area contributed by atoms with E-state index in [0.29, 0.717) is 12.2 Å². The molecule has 0 radical (unpaired) electrons. The maximum absolute atomic E-state index is 9.46. The van der Waals surface area contributed by atoms with Gasteiger partial charge < -0.3 is 9.84 Å². The Balaban J connectivity index is 1.72. The fourth-order valence-electron chi connectivity index (χ4n) is 3.19. The molecule has 0 aromatic carbocycles. The molecule has 0 saturated heterocycles. The molecule has 2 aliphatic carbocycles. The lowest BCUT2D eigenvalue weighted by atomic mass is 9.85. The van der Waals surface area contributed by atoms with Gasteiger partial charge in [-0.25, -0.2) is 0 Å². The zero-order chi connectivity index (χ0) is 11.4. The van der Waals surface area contributed by atoms with Crippen LogP contribution in [-0.2, 0) is 4.74 Å². The molecule has 0 aliphatic heterocycles. The average molecular weight is 226 g/mol. The minimum atomic E-state index is -0.0606. The van der Waals surface area contributed by atoms with Gasteiger partial charge in [0.15, 0.2) is 0 Å². The molecule has 2 rings (SSSR count). The minimum absolute atomic E-state index is 0.0606. The SMILES string of the molecule is CCC1CCCC(OC2CCC(O)CC2)C1. The van der Waals surface area contributed by atoms with Gasteiger partial charge in [-0.05, 0) is 44.4 Å². The maximum atomic E-state index is 9.46. The van der Waals surface area contributed by atoms with Crippen molar-refractivity contribution in [1.82, 2.24) is 0 Å². The Morgan fingerprint density at radius 2 is 1.75 bits per heavy atom. The third-order valence-electron chi connectivity index (χ3n) is 4.34. The van der Waals surface area contributed by atoms with Crippen LogP contribution in [0.25, 0.3) is 0 Å². The van der Waals surface area contributed by atoms with E-state index < -0.39 is 0 Å². The molecule has 16 heavy (non-hydrogen) atoms. The van der Waals surface area contributed by atoms with Crippen molar-refractivity contribution in [3.63, 3.8) is 0 Å². The van der Waals surface area contributed by atoms with Crippen LogP contribution in [0, 0.1) is 5.92 Å². The van der Waals surface area contributed by atoms with Crippen LogP contribution in [-0.4, -0.2) is 23.4 Å². The maximum Gasteiger partial charge on any atom is 0.0581 e. The summed E-state index contributed by atoms with van der Waals surface area (Å²) < 4.78 is 6.20. The van der Waals surface area contributed by atoms with Crippen molar-refractivity contribution >= 4 is 0 Å². The summed E-state index contributed by atoms with van der Waals surface area (Å²) in [7, 11) is 0. The van der Waals surface area contributed by atoms with Crippen LogP contribution < -0.4 is 0 Å². The molecule has 0 heterocycles. The fraction of sp³-hybridized carbons (Fsp3) is 1.00. The summed E-state index contributed by atoms with van der Waals surface area (Å²) in [5.41, 5.74) is 0. The molecular formula is C14H26O2. The molecule has 2 atom stereocenters. The van der Waals surface area contributed by atoms with E-state index in [-0.39, 0.29) is 6.10 Å². The first-order valence-corrected chi connectivity index (χ1v) is 7.11. The summed E-state index contributed by atoms with van der Waals surface area (Å²) in [4.78, 5) is 0. The molecule has 2 fully saturated rings. The largest absolute Gasteiger partial charge is 0.393 e.